The summed E-state index contributed by atoms with van der Waals surface area (Å²) in [7, 11) is 0. The molecule has 108 valence electrons. The third kappa shape index (κ3) is 2.59. The van der Waals surface area contributed by atoms with Gasteiger partial charge < -0.3 is 15.1 Å². The zero-order chi connectivity index (χ0) is 14.9. The molecule has 1 aliphatic rings. The molecule has 2 heterocycles. The molecule has 0 aliphatic carbocycles. The predicted molar refractivity (Wildman–Crippen MR) is 75.6 cm³/mol. The van der Waals surface area contributed by atoms with Crippen LogP contribution in [0.25, 0.3) is 0 Å². The fourth-order valence-electron chi connectivity index (χ4n) is 2.19. The molecule has 6 heteroatoms. The Morgan fingerprint density at radius 1 is 1.50 bits per heavy atom. The van der Waals surface area contributed by atoms with Crippen LogP contribution in [0.4, 0.5) is 0 Å². The second-order valence-corrected chi connectivity index (χ2v) is 5.41. The van der Waals surface area contributed by atoms with Gasteiger partial charge in [0.25, 0.3) is 5.91 Å². The average Bonchev–Trinajstić information content (AvgIpc) is 2.76. The number of nitrogens with zero attached hydrogens (tertiary/aromatic N) is 1. The molecule has 1 aromatic heterocycles. The molecule has 1 atom stereocenters. The van der Waals surface area contributed by atoms with Crippen LogP contribution in [0.5, 0.6) is 0 Å². The third-order valence-corrected chi connectivity index (χ3v) is 3.52. The minimum atomic E-state index is -0.955. The Labute approximate surface area is 117 Å². The summed E-state index contributed by atoms with van der Waals surface area (Å²) in [6.07, 6.45) is 2.13. The molecule has 1 amide bonds. The number of carbonyl (C=O) groups is 1. The Balaban J connectivity index is 2.05. The summed E-state index contributed by atoms with van der Waals surface area (Å²) in [5.74, 6) is -0.237. The Kier molecular flexibility index (Phi) is 3.65. The molecule has 2 rings (SSSR count). The number of aryl methyl sites for hydroxylation is 1. The summed E-state index contributed by atoms with van der Waals surface area (Å²) in [6.45, 7) is 7.28. The van der Waals surface area contributed by atoms with E-state index in [0.717, 1.165) is 5.71 Å². The van der Waals surface area contributed by atoms with E-state index in [2.05, 4.69) is 15.5 Å². The quantitative estimate of drug-likeness (QED) is 0.869. The largest absolute Gasteiger partial charge is 0.379 e. The minimum Gasteiger partial charge on any atom is -0.379 e. The van der Waals surface area contributed by atoms with Gasteiger partial charge in [-0.05, 0) is 27.7 Å². The molecule has 0 aromatic carbocycles. The van der Waals surface area contributed by atoms with Gasteiger partial charge in [-0.2, -0.15) is 0 Å². The molecule has 0 radical (unpaired) electrons. The number of carbonyl (C=O) groups excluding carboxylic acids is 1. The van der Waals surface area contributed by atoms with E-state index in [1.165, 1.54) is 0 Å². The Bertz CT molecular complexity index is 633. The van der Waals surface area contributed by atoms with Gasteiger partial charge in [0.2, 0.25) is 5.60 Å². The summed E-state index contributed by atoms with van der Waals surface area (Å²) >= 11 is 0. The zero-order valence-corrected chi connectivity index (χ0v) is 12.2. The first-order valence-corrected chi connectivity index (χ1v) is 6.51. The second kappa shape index (κ2) is 5.11. The van der Waals surface area contributed by atoms with Crippen LogP contribution in [-0.2, 0) is 16.2 Å². The number of nitrogens with one attached hydrogen (secondary N) is 2. The number of amides is 1. The molecule has 20 heavy (non-hydrogen) atoms. The van der Waals surface area contributed by atoms with Crippen molar-refractivity contribution in [2.75, 3.05) is 0 Å². The van der Waals surface area contributed by atoms with Gasteiger partial charge in [-0.25, -0.2) is 0 Å². The molecule has 1 unspecified atom stereocenters. The SMILES string of the molecule is CC1=NOC(C)(C(=O)NCc2[nH]cc(C)c(=O)c2C)C1. The van der Waals surface area contributed by atoms with E-state index in [-0.39, 0.29) is 17.9 Å². The van der Waals surface area contributed by atoms with Crippen molar-refractivity contribution in [1.82, 2.24) is 10.3 Å². The lowest BCUT2D eigenvalue weighted by Gasteiger charge is -2.20. The lowest BCUT2D eigenvalue weighted by atomic mass is 9.99. The van der Waals surface area contributed by atoms with Crippen molar-refractivity contribution < 1.29 is 9.63 Å². The summed E-state index contributed by atoms with van der Waals surface area (Å²) in [5.41, 5.74) is 1.82. The molecule has 0 saturated carbocycles. The molecule has 0 fully saturated rings. The van der Waals surface area contributed by atoms with E-state index in [1.54, 1.807) is 27.0 Å². The minimum absolute atomic E-state index is 0.00416. The fourth-order valence-corrected chi connectivity index (χ4v) is 2.19. The number of pyridine rings is 1. The normalized spacial score (nSPS) is 21.3. The molecule has 2 N–H and O–H groups in total. The van der Waals surface area contributed by atoms with E-state index < -0.39 is 5.60 Å². The van der Waals surface area contributed by atoms with Crippen LogP contribution < -0.4 is 10.7 Å². The van der Waals surface area contributed by atoms with Gasteiger partial charge >= 0.3 is 0 Å². The number of H-pyrrole nitrogens is 1. The van der Waals surface area contributed by atoms with Crippen LogP contribution in [0.2, 0.25) is 0 Å². The maximum absolute atomic E-state index is 12.1. The molecule has 1 aromatic rings. The van der Waals surface area contributed by atoms with Crippen LogP contribution in [0.1, 0.15) is 37.1 Å². The molecule has 0 bridgehead atoms. The van der Waals surface area contributed by atoms with E-state index in [0.29, 0.717) is 23.2 Å². The highest BCUT2D eigenvalue weighted by Gasteiger charge is 2.40. The van der Waals surface area contributed by atoms with Crippen LogP contribution in [0, 0.1) is 13.8 Å². The maximum atomic E-state index is 12.1. The highest BCUT2D eigenvalue weighted by atomic mass is 16.7. The van der Waals surface area contributed by atoms with Crippen LogP contribution in [0.3, 0.4) is 0 Å². The number of hydrogen-bond acceptors (Lipinski definition) is 4. The Morgan fingerprint density at radius 2 is 2.20 bits per heavy atom. The molecular weight excluding hydrogens is 258 g/mol. The monoisotopic (exact) mass is 277 g/mol. The lowest BCUT2D eigenvalue weighted by molar-refractivity contribution is -0.141. The summed E-state index contributed by atoms with van der Waals surface area (Å²) < 4.78 is 0. The zero-order valence-electron chi connectivity index (χ0n) is 12.2. The van der Waals surface area contributed by atoms with E-state index in [4.69, 9.17) is 4.84 Å². The second-order valence-electron chi connectivity index (χ2n) is 5.41. The van der Waals surface area contributed by atoms with Crippen LogP contribution in [0.15, 0.2) is 16.1 Å². The van der Waals surface area contributed by atoms with Crippen molar-refractivity contribution in [2.45, 2.75) is 46.3 Å². The topological polar surface area (TPSA) is 83.5 Å². The average molecular weight is 277 g/mol. The van der Waals surface area contributed by atoms with Crippen LogP contribution >= 0.6 is 0 Å². The first-order chi connectivity index (χ1) is 9.33. The molecule has 1 aliphatic heterocycles. The molecule has 6 nitrogen and oxygen atoms in total. The number of hydrogen-bond donors (Lipinski definition) is 2. The number of rotatable bonds is 3. The van der Waals surface area contributed by atoms with Gasteiger partial charge in [-0.1, -0.05) is 5.16 Å². The summed E-state index contributed by atoms with van der Waals surface area (Å²) in [5, 5.41) is 6.59. The Morgan fingerprint density at radius 3 is 2.80 bits per heavy atom. The highest BCUT2D eigenvalue weighted by molar-refractivity contribution is 5.94. The van der Waals surface area contributed by atoms with Crippen molar-refractivity contribution in [3.05, 3.63) is 33.2 Å². The summed E-state index contributed by atoms with van der Waals surface area (Å²) in [4.78, 5) is 32.2. The third-order valence-electron chi connectivity index (χ3n) is 3.52. The van der Waals surface area contributed by atoms with Crippen molar-refractivity contribution in [3.63, 3.8) is 0 Å². The predicted octanol–water partition coefficient (Wildman–Crippen LogP) is 1.16. The fraction of sp³-hybridized carbons (Fsp3) is 0.500. The number of aromatic amines is 1. The summed E-state index contributed by atoms with van der Waals surface area (Å²) in [6, 6.07) is 0. The van der Waals surface area contributed by atoms with Crippen molar-refractivity contribution in [2.24, 2.45) is 5.16 Å². The standard InChI is InChI=1S/C14H19N3O3/c1-8-6-15-11(10(3)12(8)18)7-16-13(19)14(4)5-9(2)17-20-14/h6H,5,7H2,1-4H3,(H,15,18)(H,16,19). The molecule has 0 spiro atoms. The Hall–Kier alpha value is -2.11. The van der Waals surface area contributed by atoms with Crippen LogP contribution in [-0.4, -0.2) is 22.2 Å². The maximum Gasteiger partial charge on any atom is 0.267 e. The molecular formula is C14H19N3O3. The van der Waals surface area contributed by atoms with E-state index in [1.807, 2.05) is 6.92 Å². The van der Waals surface area contributed by atoms with Gasteiger partial charge in [0.05, 0.1) is 12.3 Å². The van der Waals surface area contributed by atoms with Crippen molar-refractivity contribution in [3.8, 4) is 0 Å². The van der Waals surface area contributed by atoms with E-state index in [9.17, 15) is 9.59 Å². The lowest BCUT2D eigenvalue weighted by Crippen LogP contribution is -2.44. The van der Waals surface area contributed by atoms with Gasteiger partial charge in [0.1, 0.15) is 0 Å². The highest BCUT2D eigenvalue weighted by Crippen LogP contribution is 2.23. The number of oxime groups is 1. The van der Waals surface area contributed by atoms with Gasteiger partial charge in [0, 0.05) is 29.4 Å². The number of aromatic nitrogens is 1. The smallest absolute Gasteiger partial charge is 0.267 e. The van der Waals surface area contributed by atoms with Crippen molar-refractivity contribution in [1.29, 1.82) is 0 Å². The van der Waals surface area contributed by atoms with Gasteiger partial charge in [-0.3, -0.25) is 9.59 Å². The first kappa shape index (κ1) is 14.3. The van der Waals surface area contributed by atoms with E-state index >= 15 is 0 Å². The van der Waals surface area contributed by atoms with Gasteiger partial charge in [-0.15, -0.1) is 0 Å². The van der Waals surface area contributed by atoms with Gasteiger partial charge in [0.15, 0.2) is 5.43 Å². The molecule has 0 saturated heterocycles. The first-order valence-electron chi connectivity index (χ1n) is 6.51. The van der Waals surface area contributed by atoms with Crippen molar-refractivity contribution >= 4 is 11.6 Å².